The Balaban J connectivity index is 2.20. The van der Waals surface area contributed by atoms with E-state index in [9.17, 15) is 4.79 Å². The Hall–Kier alpha value is -1.55. The monoisotopic (exact) mass is 249 g/mol. The Morgan fingerprint density at radius 2 is 2.28 bits per heavy atom. The van der Waals surface area contributed by atoms with Crippen molar-refractivity contribution in [2.24, 2.45) is 0 Å². The second-order valence-electron chi connectivity index (χ2n) is 4.49. The van der Waals surface area contributed by atoms with Gasteiger partial charge in [0.05, 0.1) is 7.11 Å². The molecule has 0 saturated carbocycles. The predicted molar refractivity (Wildman–Crippen MR) is 68.7 cm³/mol. The van der Waals surface area contributed by atoms with Gasteiger partial charge in [-0.25, -0.2) is 4.79 Å². The van der Waals surface area contributed by atoms with E-state index >= 15 is 0 Å². The molecule has 4 heteroatoms. The molecule has 0 spiro atoms. The van der Waals surface area contributed by atoms with Crippen molar-refractivity contribution in [3.8, 4) is 5.75 Å². The average Bonchev–Trinajstić information content (AvgIpc) is 2.81. The molecule has 2 atom stereocenters. The molecule has 0 radical (unpaired) electrons. The number of esters is 1. The van der Waals surface area contributed by atoms with Crippen LogP contribution in [0.15, 0.2) is 18.2 Å². The average molecular weight is 249 g/mol. The lowest BCUT2D eigenvalue weighted by molar-refractivity contribution is -0.147. The lowest BCUT2D eigenvalue weighted by Crippen LogP contribution is -2.25. The largest absolute Gasteiger partial charge is 0.479 e. The van der Waals surface area contributed by atoms with Gasteiger partial charge in [0, 0.05) is 6.04 Å². The van der Waals surface area contributed by atoms with Crippen LogP contribution in [0.1, 0.15) is 30.5 Å². The maximum Gasteiger partial charge on any atom is 0.346 e. The zero-order valence-corrected chi connectivity index (χ0v) is 11.0. The molecular weight excluding hydrogens is 230 g/mol. The van der Waals surface area contributed by atoms with Gasteiger partial charge in [0.25, 0.3) is 0 Å². The number of methoxy groups -OCH3 is 1. The first-order valence-corrected chi connectivity index (χ1v) is 6.21. The predicted octanol–water partition coefficient (Wildman–Crippen LogP) is 1.83. The molecule has 1 aliphatic carbocycles. The first kappa shape index (κ1) is 12.9. The van der Waals surface area contributed by atoms with Gasteiger partial charge in [-0.05, 0) is 44.0 Å². The van der Waals surface area contributed by atoms with Crippen molar-refractivity contribution in [1.29, 1.82) is 0 Å². The number of ether oxygens (including phenoxy) is 2. The van der Waals surface area contributed by atoms with Crippen LogP contribution in [0.5, 0.6) is 5.75 Å². The van der Waals surface area contributed by atoms with E-state index in [2.05, 4.69) is 16.1 Å². The molecule has 0 bridgehead atoms. The fourth-order valence-corrected chi connectivity index (χ4v) is 2.44. The van der Waals surface area contributed by atoms with Crippen LogP contribution in [0, 0.1) is 0 Å². The summed E-state index contributed by atoms with van der Waals surface area (Å²) in [5, 5.41) is 3.29. The number of hydrogen-bond donors (Lipinski definition) is 1. The minimum Gasteiger partial charge on any atom is -0.479 e. The Morgan fingerprint density at radius 3 is 2.94 bits per heavy atom. The van der Waals surface area contributed by atoms with Gasteiger partial charge < -0.3 is 14.8 Å². The first-order valence-electron chi connectivity index (χ1n) is 6.21. The van der Waals surface area contributed by atoms with Gasteiger partial charge in [-0.3, -0.25) is 0 Å². The fraction of sp³-hybridized carbons (Fsp3) is 0.500. The van der Waals surface area contributed by atoms with Crippen molar-refractivity contribution in [1.82, 2.24) is 5.32 Å². The minimum atomic E-state index is -0.574. The number of fused-ring (bicyclic) bond motifs is 1. The fourth-order valence-electron chi connectivity index (χ4n) is 2.44. The van der Waals surface area contributed by atoms with E-state index < -0.39 is 6.10 Å². The van der Waals surface area contributed by atoms with Crippen molar-refractivity contribution in [3.63, 3.8) is 0 Å². The molecule has 0 saturated heterocycles. The third-order valence-corrected chi connectivity index (χ3v) is 3.41. The summed E-state index contributed by atoms with van der Waals surface area (Å²) >= 11 is 0. The third-order valence-electron chi connectivity index (χ3n) is 3.41. The molecule has 1 aliphatic rings. The molecule has 4 nitrogen and oxygen atoms in total. The standard InChI is InChI=1S/C14H19NO3/c1-9(14(16)17-3)18-13-6-4-5-10-11(13)7-8-12(10)15-2/h4-6,9,12,15H,7-8H2,1-3H3. The molecule has 98 valence electrons. The quantitative estimate of drug-likeness (QED) is 0.827. The van der Waals surface area contributed by atoms with Crippen LogP contribution in [0.4, 0.5) is 0 Å². The summed E-state index contributed by atoms with van der Waals surface area (Å²) in [4.78, 5) is 11.4. The van der Waals surface area contributed by atoms with Gasteiger partial charge in [-0.1, -0.05) is 12.1 Å². The molecule has 1 N–H and O–H groups in total. The highest BCUT2D eigenvalue weighted by Gasteiger charge is 2.25. The molecule has 2 unspecified atom stereocenters. The van der Waals surface area contributed by atoms with E-state index in [1.165, 1.54) is 18.2 Å². The third kappa shape index (κ3) is 2.34. The number of benzene rings is 1. The van der Waals surface area contributed by atoms with Crippen LogP contribution in [0.2, 0.25) is 0 Å². The normalized spacial score (nSPS) is 19.2. The maximum absolute atomic E-state index is 11.4. The summed E-state index contributed by atoms with van der Waals surface area (Å²) in [5.74, 6) is 0.443. The van der Waals surface area contributed by atoms with Crippen molar-refractivity contribution >= 4 is 5.97 Å². The zero-order valence-electron chi connectivity index (χ0n) is 11.0. The van der Waals surface area contributed by atoms with Gasteiger partial charge >= 0.3 is 5.97 Å². The molecule has 0 fully saturated rings. The zero-order chi connectivity index (χ0) is 13.1. The van der Waals surface area contributed by atoms with Gasteiger partial charge in [0.15, 0.2) is 6.10 Å². The highest BCUT2D eigenvalue weighted by atomic mass is 16.6. The summed E-state index contributed by atoms with van der Waals surface area (Å²) in [6.45, 7) is 1.70. The summed E-state index contributed by atoms with van der Waals surface area (Å²) < 4.78 is 10.4. The summed E-state index contributed by atoms with van der Waals surface area (Å²) in [6, 6.07) is 6.38. The highest BCUT2D eigenvalue weighted by Crippen LogP contribution is 2.36. The number of carbonyl (C=O) groups excluding carboxylic acids is 1. The number of carbonyl (C=O) groups is 1. The second-order valence-corrected chi connectivity index (χ2v) is 4.49. The lowest BCUT2D eigenvalue weighted by Gasteiger charge is -2.16. The number of nitrogens with one attached hydrogen (secondary N) is 1. The van der Waals surface area contributed by atoms with E-state index in [1.54, 1.807) is 6.92 Å². The molecule has 1 aromatic rings. The van der Waals surface area contributed by atoms with E-state index in [0.29, 0.717) is 6.04 Å². The van der Waals surface area contributed by atoms with Crippen molar-refractivity contribution in [3.05, 3.63) is 29.3 Å². The Labute approximate surface area is 107 Å². The van der Waals surface area contributed by atoms with E-state index in [4.69, 9.17) is 4.74 Å². The second kappa shape index (κ2) is 5.40. The highest BCUT2D eigenvalue weighted by molar-refractivity contribution is 5.74. The Morgan fingerprint density at radius 1 is 1.50 bits per heavy atom. The van der Waals surface area contributed by atoms with Crippen molar-refractivity contribution < 1.29 is 14.3 Å². The number of rotatable bonds is 4. The molecule has 0 amide bonds. The van der Waals surface area contributed by atoms with Crippen molar-refractivity contribution in [2.45, 2.75) is 31.9 Å². The summed E-state index contributed by atoms with van der Waals surface area (Å²) in [5.41, 5.74) is 2.47. The van der Waals surface area contributed by atoms with Crippen LogP contribution in [-0.4, -0.2) is 26.2 Å². The molecule has 18 heavy (non-hydrogen) atoms. The Kier molecular flexibility index (Phi) is 3.87. The first-order chi connectivity index (χ1) is 8.67. The van der Waals surface area contributed by atoms with Crippen molar-refractivity contribution in [2.75, 3.05) is 14.2 Å². The van der Waals surface area contributed by atoms with Gasteiger partial charge in [-0.15, -0.1) is 0 Å². The van der Waals surface area contributed by atoms with Crippen LogP contribution in [0.3, 0.4) is 0 Å². The van der Waals surface area contributed by atoms with Crippen LogP contribution in [-0.2, 0) is 16.0 Å². The molecular formula is C14H19NO3. The van der Waals surface area contributed by atoms with E-state index in [1.807, 2.05) is 19.2 Å². The molecule has 2 rings (SSSR count). The molecule has 0 aromatic heterocycles. The molecule has 1 aromatic carbocycles. The Bertz CT molecular complexity index is 445. The van der Waals surface area contributed by atoms with Crippen LogP contribution < -0.4 is 10.1 Å². The van der Waals surface area contributed by atoms with Crippen LogP contribution >= 0.6 is 0 Å². The lowest BCUT2D eigenvalue weighted by atomic mass is 10.1. The smallest absolute Gasteiger partial charge is 0.346 e. The van der Waals surface area contributed by atoms with Crippen LogP contribution in [0.25, 0.3) is 0 Å². The van der Waals surface area contributed by atoms with Gasteiger partial charge in [-0.2, -0.15) is 0 Å². The van der Waals surface area contributed by atoms with Gasteiger partial charge in [0.2, 0.25) is 0 Å². The maximum atomic E-state index is 11.4. The van der Waals surface area contributed by atoms with E-state index in [0.717, 1.165) is 18.6 Å². The van der Waals surface area contributed by atoms with Gasteiger partial charge in [0.1, 0.15) is 5.75 Å². The molecule has 0 heterocycles. The topological polar surface area (TPSA) is 47.6 Å². The van der Waals surface area contributed by atoms with E-state index in [-0.39, 0.29) is 5.97 Å². The number of hydrogen-bond acceptors (Lipinski definition) is 4. The molecule has 0 aliphatic heterocycles. The SMILES string of the molecule is CNC1CCc2c(OC(C)C(=O)OC)cccc21. The minimum absolute atomic E-state index is 0.351. The summed E-state index contributed by atoms with van der Waals surface area (Å²) in [7, 11) is 3.33. The summed E-state index contributed by atoms with van der Waals surface area (Å²) in [6.07, 6.45) is 1.47.